The lowest BCUT2D eigenvalue weighted by molar-refractivity contribution is 0.527. The first-order valence-electron chi connectivity index (χ1n) is 6.70. The Bertz CT molecular complexity index is 586. The van der Waals surface area contributed by atoms with Gasteiger partial charge in [0.15, 0.2) is 0 Å². The molecule has 0 amide bonds. The molecule has 2 rings (SSSR count). The fraction of sp³-hybridized carbons (Fsp3) is 0.312. The second-order valence-electron chi connectivity index (χ2n) is 4.78. The maximum atomic E-state index is 13.9. The fourth-order valence-electron chi connectivity index (χ4n) is 2.26. The number of aryl methyl sites for hydroxylation is 1. The average molecular weight is 293 g/mol. The maximum Gasteiger partial charge on any atom is 0.126 e. The van der Waals surface area contributed by atoms with Gasteiger partial charge in [0.25, 0.3) is 0 Å². The third-order valence-electron chi connectivity index (χ3n) is 3.21. The van der Waals surface area contributed by atoms with Gasteiger partial charge in [-0.1, -0.05) is 18.5 Å². The predicted octanol–water partition coefficient (Wildman–Crippen LogP) is 4.08. The van der Waals surface area contributed by atoms with Crippen LogP contribution < -0.4 is 5.32 Å². The van der Waals surface area contributed by atoms with Gasteiger partial charge in [0, 0.05) is 23.0 Å². The van der Waals surface area contributed by atoms with Crippen LogP contribution in [-0.4, -0.2) is 11.5 Å². The lowest BCUT2D eigenvalue weighted by Crippen LogP contribution is -2.23. The molecule has 1 aromatic carbocycles. The van der Waals surface area contributed by atoms with Crippen LogP contribution in [0.15, 0.2) is 36.5 Å². The molecule has 0 spiro atoms. The smallest absolute Gasteiger partial charge is 0.126 e. The van der Waals surface area contributed by atoms with E-state index in [1.165, 1.54) is 6.07 Å². The summed E-state index contributed by atoms with van der Waals surface area (Å²) >= 11 is 5.95. The summed E-state index contributed by atoms with van der Waals surface area (Å²) in [5.74, 6) is -0.219. The zero-order valence-corrected chi connectivity index (χ0v) is 12.4. The van der Waals surface area contributed by atoms with Gasteiger partial charge in [-0.2, -0.15) is 0 Å². The molecule has 0 aliphatic rings. The van der Waals surface area contributed by atoms with Gasteiger partial charge in [-0.15, -0.1) is 0 Å². The normalized spacial score (nSPS) is 12.4. The minimum atomic E-state index is -0.219. The standard InChI is InChI=1S/C16H18ClFN2/c1-3-19-16(12-6-7-20-11(2)8-12)10-13-9-14(17)4-5-15(13)18/h4-9,16,19H,3,10H2,1-2H3. The molecule has 1 heterocycles. The first-order valence-corrected chi connectivity index (χ1v) is 7.07. The van der Waals surface area contributed by atoms with Crippen molar-refractivity contribution in [3.63, 3.8) is 0 Å². The Morgan fingerprint density at radius 2 is 2.10 bits per heavy atom. The number of hydrogen-bond acceptors (Lipinski definition) is 2. The van der Waals surface area contributed by atoms with Crippen molar-refractivity contribution in [1.29, 1.82) is 0 Å². The summed E-state index contributed by atoms with van der Waals surface area (Å²) in [5.41, 5.74) is 2.69. The molecule has 20 heavy (non-hydrogen) atoms. The molecular formula is C16H18ClFN2. The van der Waals surface area contributed by atoms with Crippen LogP contribution in [0.4, 0.5) is 4.39 Å². The van der Waals surface area contributed by atoms with E-state index in [9.17, 15) is 4.39 Å². The number of halogens is 2. The number of nitrogens with zero attached hydrogens (tertiary/aromatic N) is 1. The molecule has 0 aliphatic heterocycles. The molecular weight excluding hydrogens is 275 g/mol. The van der Waals surface area contributed by atoms with E-state index in [0.717, 1.165) is 17.8 Å². The molecule has 0 bridgehead atoms. The van der Waals surface area contributed by atoms with Crippen molar-refractivity contribution in [2.24, 2.45) is 0 Å². The number of hydrogen-bond donors (Lipinski definition) is 1. The maximum absolute atomic E-state index is 13.9. The van der Waals surface area contributed by atoms with Crippen molar-refractivity contribution >= 4 is 11.6 Å². The lowest BCUT2D eigenvalue weighted by atomic mass is 9.98. The molecule has 2 nitrogen and oxygen atoms in total. The Balaban J connectivity index is 2.27. The largest absolute Gasteiger partial charge is 0.310 e. The van der Waals surface area contributed by atoms with E-state index in [0.29, 0.717) is 17.0 Å². The Labute approximate surface area is 124 Å². The molecule has 1 atom stereocenters. The first kappa shape index (κ1) is 14.9. The highest BCUT2D eigenvalue weighted by Gasteiger charge is 2.14. The Morgan fingerprint density at radius 1 is 1.30 bits per heavy atom. The summed E-state index contributed by atoms with van der Waals surface area (Å²) in [4.78, 5) is 4.20. The zero-order chi connectivity index (χ0) is 14.5. The van der Waals surface area contributed by atoms with Crippen molar-refractivity contribution in [3.05, 3.63) is 64.2 Å². The predicted molar refractivity (Wildman–Crippen MR) is 80.5 cm³/mol. The minimum Gasteiger partial charge on any atom is -0.310 e. The van der Waals surface area contributed by atoms with E-state index >= 15 is 0 Å². The topological polar surface area (TPSA) is 24.9 Å². The average Bonchev–Trinajstić information content (AvgIpc) is 2.42. The second-order valence-corrected chi connectivity index (χ2v) is 5.22. The highest BCUT2D eigenvalue weighted by Crippen LogP contribution is 2.23. The van der Waals surface area contributed by atoms with Gasteiger partial charge in [0.05, 0.1) is 0 Å². The van der Waals surface area contributed by atoms with E-state index < -0.39 is 0 Å². The Hall–Kier alpha value is -1.45. The third kappa shape index (κ3) is 3.78. The summed E-state index contributed by atoms with van der Waals surface area (Å²) in [6, 6.07) is 8.71. The molecule has 1 unspecified atom stereocenters. The summed E-state index contributed by atoms with van der Waals surface area (Å²) in [7, 11) is 0. The van der Waals surface area contributed by atoms with Gasteiger partial charge >= 0.3 is 0 Å². The molecule has 0 saturated heterocycles. The van der Waals surface area contributed by atoms with Crippen molar-refractivity contribution in [2.75, 3.05) is 6.54 Å². The second kappa shape index (κ2) is 6.82. The van der Waals surface area contributed by atoms with Crippen LogP contribution in [0.3, 0.4) is 0 Å². The van der Waals surface area contributed by atoms with E-state index in [2.05, 4.69) is 10.3 Å². The number of likely N-dealkylation sites (N-methyl/N-ethyl adjacent to an activating group) is 1. The van der Waals surface area contributed by atoms with Crippen LogP contribution in [0.5, 0.6) is 0 Å². The summed E-state index contributed by atoms with van der Waals surface area (Å²) < 4.78 is 13.9. The third-order valence-corrected chi connectivity index (χ3v) is 3.44. The van der Waals surface area contributed by atoms with E-state index in [1.807, 2.05) is 26.0 Å². The van der Waals surface area contributed by atoms with Crippen molar-refractivity contribution < 1.29 is 4.39 Å². The van der Waals surface area contributed by atoms with Crippen LogP contribution >= 0.6 is 11.6 Å². The fourth-order valence-corrected chi connectivity index (χ4v) is 2.45. The molecule has 1 aromatic heterocycles. The number of rotatable bonds is 5. The minimum absolute atomic E-state index is 0.0506. The van der Waals surface area contributed by atoms with Crippen molar-refractivity contribution in [3.8, 4) is 0 Å². The Kier molecular flexibility index (Phi) is 5.10. The number of pyridine rings is 1. The van der Waals surface area contributed by atoms with Gasteiger partial charge < -0.3 is 5.32 Å². The molecule has 0 radical (unpaired) electrons. The van der Waals surface area contributed by atoms with Crippen LogP contribution in [0.2, 0.25) is 5.02 Å². The molecule has 1 N–H and O–H groups in total. The number of nitrogens with one attached hydrogen (secondary N) is 1. The number of aromatic nitrogens is 1. The van der Waals surface area contributed by atoms with Gasteiger partial charge in [-0.05, 0) is 61.3 Å². The lowest BCUT2D eigenvalue weighted by Gasteiger charge is -2.19. The molecule has 0 saturated carbocycles. The SMILES string of the molecule is CCNC(Cc1cc(Cl)ccc1F)c1ccnc(C)c1. The van der Waals surface area contributed by atoms with Crippen LogP contribution in [-0.2, 0) is 6.42 Å². The van der Waals surface area contributed by atoms with Gasteiger partial charge in [-0.3, -0.25) is 4.98 Å². The van der Waals surface area contributed by atoms with E-state index in [4.69, 9.17) is 11.6 Å². The van der Waals surface area contributed by atoms with E-state index in [1.54, 1.807) is 18.3 Å². The molecule has 2 aromatic rings. The van der Waals surface area contributed by atoms with Crippen LogP contribution in [0.1, 0.15) is 29.8 Å². The number of benzene rings is 1. The zero-order valence-electron chi connectivity index (χ0n) is 11.7. The summed E-state index contributed by atoms with van der Waals surface area (Å²) in [5, 5.41) is 3.94. The summed E-state index contributed by atoms with van der Waals surface area (Å²) in [6.07, 6.45) is 2.34. The van der Waals surface area contributed by atoms with Gasteiger partial charge in [-0.25, -0.2) is 4.39 Å². The monoisotopic (exact) mass is 292 g/mol. The molecule has 0 aliphatic carbocycles. The van der Waals surface area contributed by atoms with Crippen molar-refractivity contribution in [1.82, 2.24) is 10.3 Å². The van der Waals surface area contributed by atoms with Gasteiger partial charge in [0.1, 0.15) is 5.82 Å². The van der Waals surface area contributed by atoms with E-state index in [-0.39, 0.29) is 11.9 Å². The first-order chi connectivity index (χ1) is 9.60. The highest BCUT2D eigenvalue weighted by atomic mass is 35.5. The van der Waals surface area contributed by atoms with Crippen LogP contribution in [0, 0.1) is 12.7 Å². The Morgan fingerprint density at radius 3 is 2.80 bits per heavy atom. The molecule has 0 fully saturated rings. The van der Waals surface area contributed by atoms with Crippen LogP contribution in [0.25, 0.3) is 0 Å². The highest BCUT2D eigenvalue weighted by molar-refractivity contribution is 6.30. The summed E-state index contributed by atoms with van der Waals surface area (Å²) in [6.45, 7) is 4.80. The quantitative estimate of drug-likeness (QED) is 0.898. The molecule has 4 heteroatoms. The molecule has 106 valence electrons. The van der Waals surface area contributed by atoms with Gasteiger partial charge in [0.2, 0.25) is 0 Å². The van der Waals surface area contributed by atoms with Crippen molar-refractivity contribution in [2.45, 2.75) is 26.3 Å².